The van der Waals surface area contributed by atoms with E-state index in [2.05, 4.69) is 0 Å². The number of aliphatic hydroxyl groups is 1. The van der Waals surface area contributed by atoms with Crippen molar-refractivity contribution in [1.29, 1.82) is 0 Å². The lowest BCUT2D eigenvalue weighted by Crippen LogP contribution is -1.88. The maximum Gasteiger partial charge on any atom is 0.0859 e. The van der Waals surface area contributed by atoms with Gasteiger partial charge in [-0.2, -0.15) is 0 Å². The molecule has 0 unspecified atom stereocenters. The van der Waals surface area contributed by atoms with Gasteiger partial charge < -0.3 is 9.84 Å². The molecule has 0 saturated carbocycles. The fraction of sp³-hybridized carbons (Fsp3) is 0.800. The number of ether oxygens (including phenoxy) is 1. The zero-order chi connectivity index (χ0) is 5.54. The molecule has 0 atom stereocenters. The topological polar surface area (TPSA) is 29.5 Å². The van der Waals surface area contributed by atoms with Crippen molar-refractivity contribution in [1.82, 2.24) is 0 Å². The van der Waals surface area contributed by atoms with Crippen LogP contribution in [0.4, 0.5) is 0 Å². The molecule has 0 aromatic carbocycles. The van der Waals surface area contributed by atoms with E-state index in [4.69, 9.17) is 9.84 Å². The lowest BCUT2D eigenvalue weighted by atomic mass is 10.5. The minimum Gasteiger partial charge on any atom is -0.396 e. The summed E-state index contributed by atoms with van der Waals surface area (Å²) in [5.74, 6) is 0. The lowest BCUT2D eigenvalue weighted by Gasteiger charge is -1.93. The normalized spacial score (nSPS) is 9.43. The lowest BCUT2D eigenvalue weighted by molar-refractivity contribution is 0.184. The largest absolute Gasteiger partial charge is 0.396 e. The molecule has 0 fully saturated rings. The monoisotopic (exact) mass is 103 g/mol. The summed E-state index contributed by atoms with van der Waals surface area (Å²) >= 11 is 0. The van der Waals surface area contributed by atoms with Crippen molar-refractivity contribution in [3.05, 3.63) is 6.61 Å². The fourth-order valence-corrected chi connectivity index (χ4v) is 0.254. The molecule has 0 bridgehead atoms. The second kappa shape index (κ2) is 5.92. The summed E-state index contributed by atoms with van der Waals surface area (Å²) in [5.41, 5.74) is 0. The van der Waals surface area contributed by atoms with Crippen LogP contribution < -0.4 is 0 Å². The summed E-state index contributed by atoms with van der Waals surface area (Å²) < 4.78 is 4.79. The van der Waals surface area contributed by atoms with Gasteiger partial charge in [0.2, 0.25) is 0 Å². The SMILES string of the molecule is CCO[CH]CCO. The van der Waals surface area contributed by atoms with Gasteiger partial charge in [0.1, 0.15) is 0 Å². The molecule has 0 aromatic rings. The first-order valence-electron chi connectivity index (χ1n) is 2.46. The van der Waals surface area contributed by atoms with Gasteiger partial charge in [0, 0.05) is 13.2 Å². The van der Waals surface area contributed by atoms with Crippen molar-refractivity contribution in [2.24, 2.45) is 0 Å². The van der Waals surface area contributed by atoms with E-state index in [-0.39, 0.29) is 6.61 Å². The molecule has 0 aliphatic heterocycles. The van der Waals surface area contributed by atoms with Gasteiger partial charge in [0.05, 0.1) is 6.61 Å². The van der Waals surface area contributed by atoms with Crippen LogP contribution in [0.2, 0.25) is 0 Å². The van der Waals surface area contributed by atoms with Crippen molar-refractivity contribution < 1.29 is 9.84 Å². The molecule has 0 aliphatic carbocycles. The molecule has 0 saturated heterocycles. The van der Waals surface area contributed by atoms with Gasteiger partial charge in [-0.3, -0.25) is 0 Å². The fourth-order valence-electron chi connectivity index (χ4n) is 0.254. The molecule has 0 heterocycles. The van der Waals surface area contributed by atoms with Gasteiger partial charge in [0.15, 0.2) is 0 Å². The van der Waals surface area contributed by atoms with Gasteiger partial charge in [-0.1, -0.05) is 0 Å². The first-order chi connectivity index (χ1) is 3.41. The van der Waals surface area contributed by atoms with Crippen LogP contribution >= 0.6 is 0 Å². The standard InChI is InChI=1S/C5H11O2/c1-2-7-5-3-4-6/h5-6H,2-4H2,1H3. The van der Waals surface area contributed by atoms with Crippen LogP contribution in [-0.2, 0) is 4.74 Å². The molecule has 0 aromatic heterocycles. The predicted octanol–water partition coefficient (Wildman–Crippen LogP) is 0.567. The van der Waals surface area contributed by atoms with Crippen molar-refractivity contribution in [2.45, 2.75) is 13.3 Å². The van der Waals surface area contributed by atoms with Crippen molar-refractivity contribution in [2.75, 3.05) is 13.2 Å². The Bertz CT molecular complexity index is 25.3. The summed E-state index contributed by atoms with van der Waals surface area (Å²) in [5, 5.41) is 8.18. The van der Waals surface area contributed by atoms with Gasteiger partial charge in [0.25, 0.3) is 0 Å². The smallest absolute Gasteiger partial charge is 0.0859 e. The molecule has 2 nitrogen and oxygen atoms in total. The molecule has 0 rings (SSSR count). The zero-order valence-electron chi connectivity index (χ0n) is 4.55. The molecule has 0 aliphatic rings. The van der Waals surface area contributed by atoms with E-state index in [1.807, 2.05) is 6.92 Å². The highest BCUT2D eigenvalue weighted by Crippen LogP contribution is 1.84. The Morgan fingerprint density at radius 3 is 2.86 bits per heavy atom. The van der Waals surface area contributed by atoms with E-state index < -0.39 is 0 Å². The Morgan fingerprint density at radius 1 is 1.71 bits per heavy atom. The minimum absolute atomic E-state index is 0.181. The predicted molar refractivity (Wildman–Crippen MR) is 27.6 cm³/mol. The zero-order valence-corrected chi connectivity index (χ0v) is 4.55. The molecule has 7 heavy (non-hydrogen) atoms. The summed E-state index contributed by atoms with van der Waals surface area (Å²) in [6.07, 6.45) is 0.633. The molecule has 43 valence electrons. The molecule has 0 spiro atoms. The Morgan fingerprint density at radius 2 is 2.43 bits per heavy atom. The third-order valence-corrected chi connectivity index (χ3v) is 0.531. The van der Waals surface area contributed by atoms with Gasteiger partial charge in [-0.25, -0.2) is 0 Å². The number of hydrogen-bond donors (Lipinski definition) is 1. The van der Waals surface area contributed by atoms with Crippen LogP contribution in [-0.4, -0.2) is 18.3 Å². The van der Waals surface area contributed by atoms with E-state index in [1.165, 1.54) is 0 Å². The third-order valence-electron chi connectivity index (χ3n) is 0.531. The molecule has 1 radical (unpaired) electrons. The average molecular weight is 103 g/mol. The van der Waals surface area contributed by atoms with E-state index >= 15 is 0 Å². The van der Waals surface area contributed by atoms with E-state index in [0.717, 1.165) is 0 Å². The van der Waals surface area contributed by atoms with E-state index in [1.54, 1.807) is 6.61 Å². The molecule has 1 N–H and O–H groups in total. The van der Waals surface area contributed by atoms with E-state index in [0.29, 0.717) is 13.0 Å². The Hall–Kier alpha value is -0.0800. The first kappa shape index (κ1) is 6.92. The van der Waals surface area contributed by atoms with Gasteiger partial charge in [-0.15, -0.1) is 0 Å². The van der Waals surface area contributed by atoms with Gasteiger partial charge in [-0.05, 0) is 13.3 Å². The number of aliphatic hydroxyl groups excluding tert-OH is 1. The van der Waals surface area contributed by atoms with Crippen LogP contribution in [0.5, 0.6) is 0 Å². The summed E-state index contributed by atoms with van der Waals surface area (Å²) in [7, 11) is 0. The quantitative estimate of drug-likeness (QED) is 0.527. The van der Waals surface area contributed by atoms with Crippen LogP contribution in [0.3, 0.4) is 0 Å². The molecule has 0 amide bonds. The maximum absolute atomic E-state index is 8.18. The Kier molecular flexibility index (Phi) is 5.85. The summed E-state index contributed by atoms with van der Waals surface area (Å²) in [6, 6.07) is 0. The van der Waals surface area contributed by atoms with Crippen LogP contribution in [0.15, 0.2) is 0 Å². The highest BCUT2D eigenvalue weighted by Gasteiger charge is 1.80. The first-order valence-corrected chi connectivity index (χ1v) is 2.46. The molecule has 2 heteroatoms. The van der Waals surface area contributed by atoms with Crippen LogP contribution in [0.25, 0.3) is 0 Å². The third kappa shape index (κ3) is 5.92. The highest BCUT2D eigenvalue weighted by atomic mass is 16.5. The van der Waals surface area contributed by atoms with E-state index in [9.17, 15) is 0 Å². The van der Waals surface area contributed by atoms with Crippen LogP contribution in [0, 0.1) is 6.61 Å². The summed E-state index contributed by atoms with van der Waals surface area (Å²) in [6.45, 7) is 4.40. The highest BCUT2D eigenvalue weighted by molar-refractivity contribution is 4.45. The Balaban J connectivity index is 2.45. The molecular formula is C5H11O2. The number of hydrogen-bond acceptors (Lipinski definition) is 2. The van der Waals surface area contributed by atoms with Crippen molar-refractivity contribution in [3.63, 3.8) is 0 Å². The maximum atomic E-state index is 8.18. The second-order valence-electron chi connectivity index (χ2n) is 1.13. The van der Waals surface area contributed by atoms with Crippen molar-refractivity contribution >= 4 is 0 Å². The molecular weight excluding hydrogens is 92.1 g/mol. The Labute approximate surface area is 44.1 Å². The second-order valence-corrected chi connectivity index (χ2v) is 1.13. The average Bonchev–Trinajstić information content (AvgIpc) is 1.69. The van der Waals surface area contributed by atoms with Crippen molar-refractivity contribution in [3.8, 4) is 0 Å². The van der Waals surface area contributed by atoms with Crippen LogP contribution in [0.1, 0.15) is 13.3 Å². The summed E-state index contributed by atoms with van der Waals surface area (Å²) in [4.78, 5) is 0. The van der Waals surface area contributed by atoms with Gasteiger partial charge >= 0.3 is 0 Å². The number of rotatable bonds is 4. The minimum atomic E-state index is 0.181.